The number of amides is 2. The predicted octanol–water partition coefficient (Wildman–Crippen LogP) is 0.0248. The number of urea groups is 1. The number of rotatable bonds is 6. The standard InChI is InChI=1S/C12H17N3O4/c1-8-3-2-4-9(14-8)7-13-12(19)15-10(5-6-16)11(17)18/h2-4,10,16H,5-7H2,1H3,(H,17,18)(H2,13,15,19)/t10-/m0/s1. The van der Waals surface area contributed by atoms with Crippen molar-refractivity contribution in [2.75, 3.05) is 6.61 Å². The topological polar surface area (TPSA) is 112 Å². The third-order valence-electron chi connectivity index (χ3n) is 2.40. The molecule has 4 N–H and O–H groups in total. The van der Waals surface area contributed by atoms with Gasteiger partial charge < -0.3 is 20.8 Å². The number of aryl methyl sites for hydroxylation is 1. The van der Waals surface area contributed by atoms with Gasteiger partial charge in [0.2, 0.25) is 0 Å². The lowest BCUT2D eigenvalue weighted by Crippen LogP contribution is -2.46. The zero-order chi connectivity index (χ0) is 14.3. The highest BCUT2D eigenvalue weighted by Gasteiger charge is 2.18. The Labute approximate surface area is 110 Å². The van der Waals surface area contributed by atoms with E-state index in [1.165, 1.54) is 0 Å². The van der Waals surface area contributed by atoms with Gasteiger partial charge in [0, 0.05) is 18.7 Å². The Morgan fingerprint density at radius 3 is 2.74 bits per heavy atom. The number of carboxylic acids is 1. The first-order valence-electron chi connectivity index (χ1n) is 5.83. The van der Waals surface area contributed by atoms with Crippen LogP contribution in [0.2, 0.25) is 0 Å². The van der Waals surface area contributed by atoms with Gasteiger partial charge >= 0.3 is 12.0 Å². The van der Waals surface area contributed by atoms with Crippen LogP contribution in [0.5, 0.6) is 0 Å². The number of pyridine rings is 1. The smallest absolute Gasteiger partial charge is 0.326 e. The fourth-order valence-electron chi connectivity index (χ4n) is 1.46. The van der Waals surface area contributed by atoms with Crippen molar-refractivity contribution in [3.05, 3.63) is 29.6 Å². The summed E-state index contributed by atoms with van der Waals surface area (Å²) in [5.74, 6) is -1.18. The Bertz CT molecular complexity index is 450. The van der Waals surface area contributed by atoms with Gasteiger partial charge in [-0.3, -0.25) is 4.98 Å². The van der Waals surface area contributed by atoms with Gasteiger partial charge in [-0.2, -0.15) is 0 Å². The lowest BCUT2D eigenvalue weighted by atomic mass is 10.2. The molecule has 0 saturated carbocycles. The van der Waals surface area contributed by atoms with Gasteiger partial charge in [0.15, 0.2) is 0 Å². The van der Waals surface area contributed by atoms with E-state index in [0.29, 0.717) is 5.69 Å². The highest BCUT2D eigenvalue weighted by Crippen LogP contribution is 1.97. The maximum atomic E-state index is 11.5. The van der Waals surface area contributed by atoms with Crippen LogP contribution in [0.3, 0.4) is 0 Å². The molecular formula is C12H17N3O4. The molecule has 0 bridgehead atoms. The van der Waals surface area contributed by atoms with Crippen LogP contribution in [0.1, 0.15) is 17.8 Å². The van der Waals surface area contributed by atoms with Crippen LogP contribution < -0.4 is 10.6 Å². The zero-order valence-corrected chi connectivity index (χ0v) is 10.6. The number of aromatic nitrogens is 1. The molecular weight excluding hydrogens is 250 g/mol. The van der Waals surface area contributed by atoms with E-state index in [1.807, 2.05) is 19.1 Å². The molecule has 1 rings (SSSR count). The molecule has 1 heterocycles. The molecule has 0 fully saturated rings. The minimum Gasteiger partial charge on any atom is -0.480 e. The van der Waals surface area contributed by atoms with Gasteiger partial charge in [-0.15, -0.1) is 0 Å². The number of nitrogens with zero attached hydrogens (tertiary/aromatic N) is 1. The minimum absolute atomic E-state index is 0.0363. The summed E-state index contributed by atoms with van der Waals surface area (Å²) in [6.45, 7) is 1.74. The molecule has 1 aromatic heterocycles. The van der Waals surface area contributed by atoms with Gasteiger partial charge in [-0.25, -0.2) is 9.59 Å². The summed E-state index contributed by atoms with van der Waals surface area (Å²) in [4.78, 5) is 26.5. The summed E-state index contributed by atoms with van der Waals surface area (Å²) < 4.78 is 0. The van der Waals surface area contributed by atoms with E-state index in [2.05, 4.69) is 15.6 Å². The molecule has 0 aromatic carbocycles. The van der Waals surface area contributed by atoms with Crippen molar-refractivity contribution < 1.29 is 19.8 Å². The van der Waals surface area contributed by atoms with E-state index < -0.39 is 18.0 Å². The Morgan fingerprint density at radius 1 is 1.42 bits per heavy atom. The number of aliphatic hydroxyl groups is 1. The van der Waals surface area contributed by atoms with Crippen LogP contribution in [0, 0.1) is 6.92 Å². The normalized spacial score (nSPS) is 11.7. The fourth-order valence-corrected chi connectivity index (χ4v) is 1.46. The first-order valence-corrected chi connectivity index (χ1v) is 5.83. The monoisotopic (exact) mass is 267 g/mol. The second-order valence-electron chi connectivity index (χ2n) is 4.00. The van der Waals surface area contributed by atoms with Gasteiger partial charge in [0.25, 0.3) is 0 Å². The van der Waals surface area contributed by atoms with Crippen LogP contribution in [-0.4, -0.2) is 39.8 Å². The maximum absolute atomic E-state index is 11.5. The van der Waals surface area contributed by atoms with Crippen molar-refractivity contribution in [2.24, 2.45) is 0 Å². The summed E-state index contributed by atoms with van der Waals surface area (Å²) in [6, 6.07) is 3.71. The second-order valence-corrected chi connectivity index (χ2v) is 4.00. The maximum Gasteiger partial charge on any atom is 0.326 e. The molecule has 1 aromatic rings. The van der Waals surface area contributed by atoms with Crippen molar-refractivity contribution in [3.63, 3.8) is 0 Å². The molecule has 0 radical (unpaired) electrons. The fraction of sp³-hybridized carbons (Fsp3) is 0.417. The lowest BCUT2D eigenvalue weighted by molar-refractivity contribution is -0.139. The van der Waals surface area contributed by atoms with E-state index in [-0.39, 0.29) is 19.6 Å². The van der Waals surface area contributed by atoms with E-state index >= 15 is 0 Å². The van der Waals surface area contributed by atoms with E-state index in [9.17, 15) is 9.59 Å². The van der Waals surface area contributed by atoms with Gasteiger partial charge in [-0.05, 0) is 19.1 Å². The van der Waals surface area contributed by atoms with Crippen molar-refractivity contribution >= 4 is 12.0 Å². The highest BCUT2D eigenvalue weighted by molar-refractivity contribution is 5.82. The molecule has 7 nitrogen and oxygen atoms in total. The molecule has 0 unspecified atom stereocenters. The molecule has 0 saturated heterocycles. The first-order chi connectivity index (χ1) is 9.02. The van der Waals surface area contributed by atoms with Gasteiger partial charge in [-0.1, -0.05) is 6.07 Å². The number of aliphatic carboxylic acids is 1. The lowest BCUT2D eigenvalue weighted by Gasteiger charge is -2.13. The van der Waals surface area contributed by atoms with Crippen molar-refractivity contribution in [1.82, 2.24) is 15.6 Å². The van der Waals surface area contributed by atoms with E-state index in [0.717, 1.165) is 5.69 Å². The highest BCUT2D eigenvalue weighted by atomic mass is 16.4. The molecule has 0 spiro atoms. The summed E-state index contributed by atoms with van der Waals surface area (Å²) >= 11 is 0. The van der Waals surface area contributed by atoms with Gasteiger partial charge in [0.1, 0.15) is 6.04 Å². The third kappa shape index (κ3) is 5.35. The molecule has 0 aliphatic heterocycles. The van der Waals surface area contributed by atoms with Crippen molar-refractivity contribution in [3.8, 4) is 0 Å². The van der Waals surface area contributed by atoms with Crippen LogP contribution in [-0.2, 0) is 11.3 Å². The number of carboxylic acid groups (broad SMARTS) is 1. The zero-order valence-electron chi connectivity index (χ0n) is 10.6. The number of aliphatic hydroxyl groups excluding tert-OH is 1. The Morgan fingerprint density at radius 2 is 2.16 bits per heavy atom. The van der Waals surface area contributed by atoms with Crippen LogP contribution in [0.4, 0.5) is 4.79 Å². The third-order valence-corrected chi connectivity index (χ3v) is 2.40. The number of nitrogens with one attached hydrogen (secondary N) is 2. The average molecular weight is 267 g/mol. The van der Waals surface area contributed by atoms with E-state index in [4.69, 9.17) is 10.2 Å². The molecule has 2 amide bonds. The molecule has 0 aliphatic rings. The summed E-state index contributed by atoms with van der Waals surface area (Å²) in [7, 11) is 0. The Balaban J connectivity index is 2.44. The molecule has 7 heteroatoms. The van der Waals surface area contributed by atoms with Crippen LogP contribution in [0.15, 0.2) is 18.2 Å². The molecule has 104 valence electrons. The molecule has 1 atom stereocenters. The largest absolute Gasteiger partial charge is 0.480 e. The van der Waals surface area contributed by atoms with Crippen LogP contribution in [0.25, 0.3) is 0 Å². The van der Waals surface area contributed by atoms with Crippen LogP contribution >= 0.6 is 0 Å². The average Bonchev–Trinajstić information content (AvgIpc) is 2.36. The number of hydrogen-bond donors (Lipinski definition) is 4. The first kappa shape index (κ1) is 14.9. The summed E-state index contributed by atoms with van der Waals surface area (Å²) in [6.07, 6.45) is -0.0363. The summed E-state index contributed by atoms with van der Waals surface area (Å²) in [5.41, 5.74) is 1.52. The van der Waals surface area contributed by atoms with Gasteiger partial charge in [0.05, 0.1) is 12.2 Å². The Hall–Kier alpha value is -2.15. The Kier molecular flexibility index (Phi) is 5.74. The summed E-state index contributed by atoms with van der Waals surface area (Å²) in [5, 5.41) is 22.3. The SMILES string of the molecule is Cc1cccc(CNC(=O)N[C@@H](CCO)C(=O)O)n1. The number of carbonyl (C=O) groups is 2. The molecule has 0 aliphatic carbocycles. The molecule has 19 heavy (non-hydrogen) atoms. The number of hydrogen-bond acceptors (Lipinski definition) is 4. The van der Waals surface area contributed by atoms with Crippen molar-refractivity contribution in [1.29, 1.82) is 0 Å². The predicted molar refractivity (Wildman–Crippen MR) is 67.5 cm³/mol. The minimum atomic E-state index is -1.18. The van der Waals surface area contributed by atoms with Crippen molar-refractivity contribution in [2.45, 2.75) is 25.9 Å². The quantitative estimate of drug-likeness (QED) is 0.581. The second kappa shape index (κ2) is 7.32. The number of carbonyl (C=O) groups excluding carboxylic acids is 1. The van der Waals surface area contributed by atoms with E-state index in [1.54, 1.807) is 6.07 Å².